The number of aromatic nitrogens is 4. The number of aryl methyl sites for hydroxylation is 1. The Hall–Kier alpha value is -1.46. The first-order valence-electron chi connectivity index (χ1n) is 7.10. The fraction of sp³-hybridized carbons (Fsp3) is 0.846. The molecule has 0 radical (unpaired) electrons. The van der Waals surface area contributed by atoms with E-state index in [0.717, 1.165) is 25.3 Å². The smallest absolute Gasteiger partial charge is 0.222 e. The van der Waals surface area contributed by atoms with E-state index in [9.17, 15) is 4.79 Å². The molecular weight excluding hydrogens is 242 g/mol. The summed E-state index contributed by atoms with van der Waals surface area (Å²) in [6.45, 7) is 13.8. The Morgan fingerprint density at radius 2 is 1.63 bits per heavy atom. The summed E-state index contributed by atoms with van der Waals surface area (Å²) in [6, 6.07) is 0. The normalized spacial score (nSPS) is 8.74. The summed E-state index contributed by atoms with van der Waals surface area (Å²) in [4.78, 5) is 12.7. The SMILES string of the molecule is CCC.CCC(=O)N(CC)CC.CCc1nn[nH]n1. The standard InChI is InChI=1S/C7H15NO.C3H6N4.C3H8/c1-4-7(9)8(5-2)6-3;1-2-3-4-6-7-5-3;1-3-2/h4-6H2,1-3H3;2H2,1H3,(H,4,5,6,7);3H2,1-2H3. The van der Waals surface area contributed by atoms with Crippen molar-refractivity contribution in [2.75, 3.05) is 13.1 Å². The number of nitrogens with one attached hydrogen (secondary N) is 1. The Morgan fingerprint density at radius 1 is 1.11 bits per heavy atom. The minimum absolute atomic E-state index is 0.250. The van der Waals surface area contributed by atoms with Crippen molar-refractivity contribution >= 4 is 5.91 Å². The number of hydrogen-bond acceptors (Lipinski definition) is 4. The lowest BCUT2D eigenvalue weighted by Crippen LogP contribution is -2.29. The highest BCUT2D eigenvalue weighted by atomic mass is 16.2. The van der Waals surface area contributed by atoms with E-state index >= 15 is 0 Å². The van der Waals surface area contributed by atoms with Crippen LogP contribution in [0.15, 0.2) is 0 Å². The molecule has 0 atom stereocenters. The molecule has 0 bridgehead atoms. The lowest BCUT2D eigenvalue weighted by molar-refractivity contribution is -0.130. The largest absolute Gasteiger partial charge is 0.343 e. The predicted molar refractivity (Wildman–Crippen MR) is 77.7 cm³/mol. The second kappa shape index (κ2) is 14.6. The molecule has 0 aliphatic rings. The van der Waals surface area contributed by atoms with E-state index in [1.165, 1.54) is 6.42 Å². The minimum Gasteiger partial charge on any atom is -0.343 e. The molecule has 0 aliphatic heterocycles. The highest BCUT2D eigenvalue weighted by Crippen LogP contribution is 1.91. The van der Waals surface area contributed by atoms with Crippen LogP contribution < -0.4 is 0 Å². The number of aromatic amines is 1. The second-order valence-electron chi connectivity index (χ2n) is 3.81. The van der Waals surface area contributed by atoms with Crippen molar-refractivity contribution < 1.29 is 4.79 Å². The predicted octanol–water partition coefficient (Wildman–Crippen LogP) is 2.44. The van der Waals surface area contributed by atoms with Crippen molar-refractivity contribution in [3.63, 3.8) is 0 Å². The van der Waals surface area contributed by atoms with Crippen LogP contribution >= 0.6 is 0 Å². The zero-order valence-corrected chi connectivity index (χ0v) is 13.2. The minimum atomic E-state index is 0.250. The molecule has 1 amide bonds. The molecule has 0 saturated heterocycles. The third kappa shape index (κ3) is 11.4. The third-order valence-electron chi connectivity index (χ3n) is 2.12. The highest BCUT2D eigenvalue weighted by Gasteiger charge is 2.03. The fourth-order valence-electron chi connectivity index (χ4n) is 1.13. The van der Waals surface area contributed by atoms with Crippen LogP contribution in [0, 0.1) is 0 Å². The molecule has 1 aromatic heterocycles. The topological polar surface area (TPSA) is 74.8 Å². The monoisotopic (exact) mass is 271 g/mol. The van der Waals surface area contributed by atoms with Gasteiger partial charge < -0.3 is 4.90 Å². The summed E-state index contributed by atoms with van der Waals surface area (Å²) in [5, 5.41) is 13.1. The summed E-state index contributed by atoms with van der Waals surface area (Å²) in [5.74, 6) is 1.01. The van der Waals surface area contributed by atoms with Crippen LogP contribution in [-0.2, 0) is 11.2 Å². The lowest BCUT2D eigenvalue weighted by Gasteiger charge is -2.16. The zero-order chi connectivity index (χ0) is 15.1. The van der Waals surface area contributed by atoms with Crippen LogP contribution in [0.1, 0.15) is 60.2 Å². The molecule has 0 saturated carbocycles. The first-order chi connectivity index (χ1) is 9.10. The molecule has 112 valence electrons. The highest BCUT2D eigenvalue weighted by molar-refractivity contribution is 5.75. The first kappa shape index (κ1) is 19.9. The number of rotatable bonds is 4. The first-order valence-corrected chi connectivity index (χ1v) is 7.10. The van der Waals surface area contributed by atoms with Gasteiger partial charge in [-0.3, -0.25) is 4.79 Å². The quantitative estimate of drug-likeness (QED) is 0.912. The van der Waals surface area contributed by atoms with Gasteiger partial charge in [-0.25, -0.2) is 0 Å². The molecule has 0 fully saturated rings. The van der Waals surface area contributed by atoms with Gasteiger partial charge in [-0.2, -0.15) is 5.21 Å². The van der Waals surface area contributed by atoms with Gasteiger partial charge in [-0.05, 0) is 13.8 Å². The Labute approximate surface area is 117 Å². The maximum absolute atomic E-state index is 10.9. The summed E-state index contributed by atoms with van der Waals surface area (Å²) in [5.41, 5.74) is 0. The van der Waals surface area contributed by atoms with Crippen LogP contribution in [0.25, 0.3) is 0 Å². The number of hydrogen-bond donors (Lipinski definition) is 1. The third-order valence-corrected chi connectivity index (χ3v) is 2.12. The van der Waals surface area contributed by atoms with E-state index in [1.807, 2.05) is 32.6 Å². The Balaban J connectivity index is 0. The van der Waals surface area contributed by atoms with E-state index in [1.54, 1.807) is 0 Å². The second-order valence-corrected chi connectivity index (χ2v) is 3.81. The van der Waals surface area contributed by atoms with Gasteiger partial charge in [-0.1, -0.05) is 39.3 Å². The van der Waals surface area contributed by atoms with E-state index < -0.39 is 0 Å². The van der Waals surface area contributed by atoms with Crippen molar-refractivity contribution in [2.24, 2.45) is 0 Å². The van der Waals surface area contributed by atoms with Crippen molar-refractivity contribution in [3.05, 3.63) is 5.82 Å². The lowest BCUT2D eigenvalue weighted by atomic mass is 10.4. The van der Waals surface area contributed by atoms with Crippen molar-refractivity contribution in [3.8, 4) is 0 Å². The molecular formula is C13H29N5O. The maximum atomic E-state index is 10.9. The fourth-order valence-corrected chi connectivity index (χ4v) is 1.13. The molecule has 1 rings (SSSR count). The molecule has 0 aromatic carbocycles. The van der Waals surface area contributed by atoms with Gasteiger partial charge in [-0.15, -0.1) is 10.2 Å². The summed E-state index contributed by atoms with van der Waals surface area (Å²) in [7, 11) is 0. The van der Waals surface area contributed by atoms with Crippen LogP contribution in [0.2, 0.25) is 0 Å². The number of carbonyl (C=O) groups is 1. The van der Waals surface area contributed by atoms with E-state index in [-0.39, 0.29) is 5.91 Å². The van der Waals surface area contributed by atoms with Crippen LogP contribution in [0.5, 0.6) is 0 Å². The van der Waals surface area contributed by atoms with Crippen molar-refractivity contribution in [1.82, 2.24) is 25.5 Å². The number of amides is 1. The Kier molecular flexibility index (Phi) is 15.3. The van der Waals surface area contributed by atoms with Gasteiger partial charge in [0.2, 0.25) is 5.91 Å². The molecule has 19 heavy (non-hydrogen) atoms. The average Bonchev–Trinajstić information content (AvgIpc) is 2.94. The molecule has 0 spiro atoms. The molecule has 1 aromatic rings. The number of nitrogens with zero attached hydrogens (tertiary/aromatic N) is 4. The molecule has 6 nitrogen and oxygen atoms in total. The van der Waals surface area contributed by atoms with Crippen molar-refractivity contribution in [2.45, 2.75) is 60.8 Å². The zero-order valence-electron chi connectivity index (χ0n) is 13.2. The van der Waals surface area contributed by atoms with Gasteiger partial charge in [0, 0.05) is 25.9 Å². The van der Waals surface area contributed by atoms with Gasteiger partial charge >= 0.3 is 0 Å². The summed E-state index contributed by atoms with van der Waals surface area (Å²) >= 11 is 0. The molecule has 1 N–H and O–H groups in total. The van der Waals surface area contributed by atoms with Crippen LogP contribution in [0.3, 0.4) is 0 Å². The molecule has 6 heteroatoms. The van der Waals surface area contributed by atoms with Crippen LogP contribution in [0.4, 0.5) is 0 Å². The van der Waals surface area contributed by atoms with E-state index in [4.69, 9.17) is 0 Å². The maximum Gasteiger partial charge on any atom is 0.222 e. The van der Waals surface area contributed by atoms with Gasteiger partial charge in [0.05, 0.1) is 0 Å². The number of carbonyl (C=O) groups excluding carboxylic acids is 1. The van der Waals surface area contributed by atoms with Crippen LogP contribution in [-0.4, -0.2) is 44.5 Å². The molecule has 1 heterocycles. The van der Waals surface area contributed by atoms with Gasteiger partial charge in [0.25, 0.3) is 0 Å². The molecule has 0 aliphatic carbocycles. The summed E-state index contributed by atoms with van der Waals surface area (Å²) < 4.78 is 0. The van der Waals surface area contributed by atoms with Crippen molar-refractivity contribution in [1.29, 1.82) is 0 Å². The number of tetrazole rings is 1. The average molecular weight is 271 g/mol. The molecule has 0 unspecified atom stereocenters. The number of H-pyrrole nitrogens is 1. The Bertz CT molecular complexity index is 283. The van der Waals surface area contributed by atoms with E-state index in [2.05, 4.69) is 34.5 Å². The summed E-state index contributed by atoms with van der Waals surface area (Å²) in [6.07, 6.45) is 2.72. The van der Waals surface area contributed by atoms with Gasteiger partial charge in [0.1, 0.15) is 0 Å². The van der Waals surface area contributed by atoms with E-state index in [0.29, 0.717) is 6.42 Å². The van der Waals surface area contributed by atoms with Gasteiger partial charge in [0.15, 0.2) is 5.82 Å². The Morgan fingerprint density at radius 3 is 1.79 bits per heavy atom.